The van der Waals surface area contributed by atoms with E-state index in [9.17, 15) is 23.2 Å². The van der Waals surface area contributed by atoms with Gasteiger partial charge in [-0.1, -0.05) is 0 Å². The van der Waals surface area contributed by atoms with Crippen LogP contribution < -0.4 is 5.32 Å². The number of nitrogens with one attached hydrogen (secondary N) is 1. The number of halogens is 2. The minimum Gasteiger partial charge on any atom is -0.481 e. The first-order valence-electron chi connectivity index (χ1n) is 5.01. The summed E-state index contributed by atoms with van der Waals surface area (Å²) >= 11 is 0. The lowest BCUT2D eigenvalue weighted by Gasteiger charge is -2.12. The molecular weight excluding hydrogens is 264 g/mol. The Hall–Kier alpha value is -2.51. The molecule has 1 rings (SSSR count). The normalized spacial score (nSPS) is 11.7. The SMILES string of the molecule is O=C(O)C[C@@H](NC(=O)c1ccc(F)c(F)c1)C(=O)O. The van der Waals surface area contributed by atoms with Gasteiger partial charge in [0.05, 0.1) is 6.42 Å². The van der Waals surface area contributed by atoms with Crippen LogP contribution in [0.5, 0.6) is 0 Å². The van der Waals surface area contributed by atoms with Gasteiger partial charge >= 0.3 is 11.9 Å². The molecule has 3 N–H and O–H groups in total. The van der Waals surface area contributed by atoms with Crippen LogP contribution in [-0.4, -0.2) is 34.1 Å². The van der Waals surface area contributed by atoms with Gasteiger partial charge in [-0.3, -0.25) is 9.59 Å². The third-order valence-electron chi connectivity index (χ3n) is 2.16. The first kappa shape index (κ1) is 14.6. The van der Waals surface area contributed by atoms with E-state index >= 15 is 0 Å². The Balaban J connectivity index is 2.84. The Morgan fingerprint density at radius 2 is 1.79 bits per heavy atom. The monoisotopic (exact) mass is 273 g/mol. The summed E-state index contributed by atoms with van der Waals surface area (Å²) in [5, 5.41) is 19.1. The fourth-order valence-electron chi connectivity index (χ4n) is 1.25. The van der Waals surface area contributed by atoms with Crippen LogP contribution in [0.1, 0.15) is 16.8 Å². The smallest absolute Gasteiger partial charge is 0.326 e. The summed E-state index contributed by atoms with van der Waals surface area (Å²) in [6.07, 6.45) is -0.829. The Bertz CT molecular complexity index is 532. The van der Waals surface area contributed by atoms with Gasteiger partial charge in [-0.2, -0.15) is 0 Å². The molecule has 1 aromatic carbocycles. The van der Waals surface area contributed by atoms with Gasteiger partial charge in [-0.15, -0.1) is 0 Å². The van der Waals surface area contributed by atoms with Gasteiger partial charge in [0.15, 0.2) is 11.6 Å². The van der Waals surface area contributed by atoms with Crippen molar-refractivity contribution in [3.8, 4) is 0 Å². The Kier molecular flexibility index (Phi) is 4.51. The summed E-state index contributed by atoms with van der Waals surface area (Å²) in [6, 6.07) is 0.591. The molecule has 0 radical (unpaired) electrons. The van der Waals surface area contributed by atoms with E-state index in [4.69, 9.17) is 10.2 Å². The average molecular weight is 273 g/mol. The lowest BCUT2D eigenvalue weighted by molar-refractivity contribution is -0.145. The fraction of sp³-hybridized carbons (Fsp3) is 0.182. The first-order valence-corrected chi connectivity index (χ1v) is 5.01. The number of carbonyl (C=O) groups is 3. The van der Waals surface area contributed by atoms with Crippen LogP contribution in [0.4, 0.5) is 8.78 Å². The van der Waals surface area contributed by atoms with E-state index in [-0.39, 0.29) is 5.56 Å². The van der Waals surface area contributed by atoms with Crippen molar-refractivity contribution in [3.05, 3.63) is 35.4 Å². The second-order valence-electron chi connectivity index (χ2n) is 3.59. The minimum absolute atomic E-state index is 0.310. The third-order valence-corrected chi connectivity index (χ3v) is 2.16. The van der Waals surface area contributed by atoms with Crippen LogP contribution in [0, 0.1) is 11.6 Å². The van der Waals surface area contributed by atoms with Gasteiger partial charge in [-0.25, -0.2) is 13.6 Å². The van der Waals surface area contributed by atoms with Crippen LogP contribution in [0.3, 0.4) is 0 Å². The maximum Gasteiger partial charge on any atom is 0.326 e. The largest absolute Gasteiger partial charge is 0.481 e. The zero-order chi connectivity index (χ0) is 14.6. The molecule has 1 amide bonds. The number of rotatable bonds is 5. The van der Waals surface area contributed by atoms with E-state index in [1.165, 1.54) is 0 Å². The Morgan fingerprint density at radius 1 is 1.16 bits per heavy atom. The van der Waals surface area contributed by atoms with Crippen LogP contribution in [-0.2, 0) is 9.59 Å². The number of aliphatic carboxylic acids is 2. The first-order chi connectivity index (χ1) is 8.81. The van der Waals surface area contributed by atoms with Gasteiger partial charge in [0.1, 0.15) is 6.04 Å². The summed E-state index contributed by atoms with van der Waals surface area (Å²) in [5.74, 6) is -6.39. The van der Waals surface area contributed by atoms with Gasteiger partial charge < -0.3 is 15.5 Å². The zero-order valence-corrected chi connectivity index (χ0v) is 9.39. The van der Waals surface area contributed by atoms with Crippen molar-refractivity contribution >= 4 is 17.8 Å². The molecular formula is C11H9F2NO5. The molecule has 0 fully saturated rings. The molecule has 0 aliphatic carbocycles. The van der Waals surface area contributed by atoms with E-state index in [2.05, 4.69) is 0 Å². The van der Waals surface area contributed by atoms with Gasteiger partial charge in [0.2, 0.25) is 0 Å². The van der Waals surface area contributed by atoms with Crippen molar-refractivity contribution in [1.82, 2.24) is 5.32 Å². The number of benzene rings is 1. The molecule has 0 aromatic heterocycles. The highest BCUT2D eigenvalue weighted by Gasteiger charge is 2.23. The summed E-state index contributed by atoms with van der Waals surface area (Å²) in [7, 11) is 0. The van der Waals surface area contributed by atoms with Gasteiger partial charge in [0, 0.05) is 5.56 Å². The number of hydrogen-bond donors (Lipinski definition) is 3. The van der Waals surface area contributed by atoms with Crippen molar-refractivity contribution in [2.75, 3.05) is 0 Å². The molecule has 0 aliphatic rings. The van der Waals surface area contributed by atoms with Gasteiger partial charge in [0.25, 0.3) is 5.91 Å². The van der Waals surface area contributed by atoms with E-state index in [1.807, 2.05) is 5.32 Å². The summed E-state index contributed by atoms with van der Waals surface area (Å²) < 4.78 is 25.5. The number of hydrogen-bond acceptors (Lipinski definition) is 3. The van der Waals surface area contributed by atoms with Crippen molar-refractivity contribution in [2.24, 2.45) is 0 Å². The highest BCUT2D eigenvalue weighted by atomic mass is 19.2. The van der Waals surface area contributed by atoms with Crippen LogP contribution in [0.15, 0.2) is 18.2 Å². The maximum atomic E-state index is 12.9. The van der Waals surface area contributed by atoms with E-state index in [1.54, 1.807) is 0 Å². The number of amides is 1. The van der Waals surface area contributed by atoms with Crippen molar-refractivity contribution < 1.29 is 33.4 Å². The predicted molar refractivity (Wildman–Crippen MR) is 57.5 cm³/mol. The molecule has 8 heteroatoms. The second-order valence-corrected chi connectivity index (χ2v) is 3.59. The lowest BCUT2D eigenvalue weighted by atomic mass is 10.1. The molecule has 102 valence electrons. The topological polar surface area (TPSA) is 104 Å². The average Bonchev–Trinajstić information content (AvgIpc) is 2.31. The molecule has 19 heavy (non-hydrogen) atoms. The summed E-state index contributed by atoms with van der Waals surface area (Å²) in [4.78, 5) is 32.7. The quantitative estimate of drug-likeness (QED) is 0.729. The van der Waals surface area contributed by atoms with Crippen LogP contribution in [0.25, 0.3) is 0 Å². The molecule has 0 unspecified atom stereocenters. The maximum absolute atomic E-state index is 12.9. The highest BCUT2D eigenvalue weighted by Crippen LogP contribution is 2.09. The highest BCUT2D eigenvalue weighted by molar-refractivity contribution is 5.97. The molecule has 0 saturated heterocycles. The molecule has 0 spiro atoms. The summed E-state index contributed by atoms with van der Waals surface area (Å²) in [6.45, 7) is 0. The van der Waals surface area contributed by atoms with E-state index in [0.717, 1.165) is 6.07 Å². The molecule has 0 heterocycles. The van der Waals surface area contributed by atoms with Crippen molar-refractivity contribution in [2.45, 2.75) is 12.5 Å². The van der Waals surface area contributed by atoms with Gasteiger partial charge in [-0.05, 0) is 18.2 Å². The zero-order valence-electron chi connectivity index (χ0n) is 9.39. The fourth-order valence-corrected chi connectivity index (χ4v) is 1.25. The summed E-state index contributed by atoms with van der Waals surface area (Å²) in [5.41, 5.74) is -0.310. The van der Waals surface area contributed by atoms with Crippen molar-refractivity contribution in [1.29, 1.82) is 0 Å². The molecule has 0 saturated carbocycles. The van der Waals surface area contributed by atoms with E-state index < -0.39 is 41.9 Å². The molecule has 0 bridgehead atoms. The Morgan fingerprint density at radius 3 is 2.26 bits per heavy atom. The number of carboxylic acid groups (broad SMARTS) is 2. The predicted octanol–water partition coefficient (Wildman–Crippen LogP) is 0.622. The number of carboxylic acids is 2. The van der Waals surface area contributed by atoms with E-state index in [0.29, 0.717) is 12.1 Å². The Labute approximate surface area is 105 Å². The lowest BCUT2D eigenvalue weighted by Crippen LogP contribution is -2.42. The number of carbonyl (C=O) groups excluding carboxylic acids is 1. The molecule has 1 aromatic rings. The molecule has 6 nitrogen and oxygen atoms in total. The van der Waals surface area contributed by atoms with Crippen molar-refractivity contribution in [3.63, 3.8) is 0 Å². The van der Waals surface area contributed by atoms with Crippen LogP contribution in [0.2, 0.25) is 0 Å². The molecule has 1 atom stereocenters. The minimum atomic E-state index is -1.65. The second kappa shape index (κ2) is 5.89. The molecule has 0 aliphatic heterocycles. The standard InChI is InChI=1S/C11H9F2NO5/c12-6-2-1-5(3-7(6)13)10(17)14-8(11(18)19)4-9(15)16/h1-3,8H,4H2,(H,14,17)(H,15,16)(H,18,19)/t8-/m1/s1. The van der Waals surface area contributed by atoms with Crippen LogP contribution >= 0.6 is 0 Å². The third kappa shape index (κ3) is 4.02.